The van der Waals surface area contributed by atoms with E-state index >= 15 is 0 Å². The molecule has 4 rings (SSSR count). The summed E-state index contributed by atoms with van der Waals surface area (Å²) in [6.45, 7) is 4.97. The summed E-state index contributed by atoms with van der Waals surface area (Å²) < 4.78 is 5.98. The predicted octanol–water partition coefficient (Wildman–Crippen LogP) is 5.43. The molecule has 3 aromatic rings. The molecule has 0 aromatic heterocycles. The monoisotopic (exact) mass is 448 g/mol. The predicted molar refractivity (Wildman–Crippen MR) is 129 cm³/mol. The summed E-state index contributed by atoms with van der Waals surface area (Å²) in [5.74, 6) is 0.674. The van der Waals surface area contributed by atoms with Crippen LogP contribution in [-0.2, 0) is 4.79 Å². The standard InChI is InChI=1S/C27H29ClN2O2/c1-2-25(32-24-15-9-14-23(28)20-24)27(31)30-18-16-29(17-19-30)26(21-10-5-3-6-11-21)22-12-7-4-8-13-22/h3-15,20,25-26H,2,16-19H2,1H3/t25-/m1/s1. The minimum Gasteiger partial charge on any atom is -0.481 e. The van der Waals surface area contributed by atoms with Crippen molar-refractivity contribution in [3.05, 3.63) is 101 Å². The van der Waals surface area contributed by atoms with Crippen LogP contribution in [-0.4, -0.2) is 48.0 Å². The maximum Gasteiger partial charge on any atom is 0.263 e. The quantitative estimate of drug-likeness (QED) is 0.483. The topological polar surface area (TPSA) is 32.8 Å². The summed E-state index contributed by atoms with van der Waals surface area (Å²) in [6.07, 6.45) is 0.112. The first-order valence-corrected chi connectivity index (χ1v) is 11.6. The first-order valence-electron chi connectivity index (χ1n) is 11.2. The van der Waals surface area contributed by atoms with Gasteiger partial charge in [0.05, 0.1) is 6.04 Å². The molecule has 1 amide bonds. The number of benzene rings is 3. The summed E-state index contributed by atoms with van der Waals surface area (Å²) in [7, 11) is 0. The van der Waals surface area contributed by atoms with Crippen molar-refractivity contribution in [1.29, 1.82) is 0 Å². The number of halogens is 1. The molecule has 0 aliphatic carbocycles. The first-order chi connectivity index (χ1) is 15.7. The largest absolute Gasteiger partial charge is 0.481 e. The van der Waals surface area contributed by atoms with E-state index in [0.29, 0.717) is 30.3 Å². The molecule has 0 radical (unpaired) electrons. The molecule has 1 heterocycles. The van der Waals surface area contributed by atoms with Gasteiger partial charge in [-0.1, -0.05) is 85.3 Å². The van der Waals surface area contributed by atoms with E-state index in [2.05, 4.69) is 53.4 Å². The Morgan fingerprint density at radius 3 is 2.00 bits per heavy atom. The molecule has 0 unspecified atom stereocenters. The second-order valence-corrected chi connectivity index (χ2v) is 8.49. The van der Waals surface area contributed by atoms with Crippen molar-refractivity contribution in [2.45, 2.75) is 25.5 Å². The second kappa shape index (κ2) is 10.7. The van der Waals surface area contributed by atoms with Crippen LogP contribution in [0.5, 0.6) is 5.75 Å². The van der Waals surface area contributed by atoms with Gasteiger partial charge in [0.1, 0.15) is 5.75 Å². The molecular weight excluding hydrogens is 420 g/mol. The van der Waals surface area contributed by atoms with Gasteiger partial charge in [0.25, 0.3) is 5.91 Å². The van der Waals surface area contributed by atoms with E-state index < -0.39 is 6.10 Å². The van der Waals surface area contributed by atoms with Crippen molar-refractivity contribution < 1.29 is 9.53 Å². The lowest BCUT2D eigenvalue weighted by molar-refractivity contribution is -0.140. The van der Waals surface area contributed by atoms with Crippen LogP contribution in [0.15, 0.2) is 84.9 Å². The van der Waals surface area contributed by atoms with Crippen molar-refractivity contribution in [1.82, 2.24) is 9.80 Å². The van der Waals surface area contributed by atoms with Gasteiger partial charge < -0.3 is 9.64 Å². The first kappa shape index (κ1) is 22.4. The zero-order chi connectivity index (χ0) is 22.3. The van der Waals surface area contributed by atoms with Gasteiger partial charge in [-0.3, -0.25) is 9.69 Å². The van der Waals surface area contributed by atoms with Crippen LogP contribution in [0.4, 0.5) is 0 Å². The number of piperazine rings is 1. The van der Waals surface area contributed by atoms with Gasteiger partial charge in [0.15, 0.2) is 6.10 Å². The minimum absolute atomic E-state index is 0.0445. The molecule has 1 atom stereocenters. The number of ether oxygens (including phenoxy) is 1. The minimum atomic E-state index is -0.501. The lowest BCUT2D eigenvalue weighted by Crippen LogP contribution is -2.53. The second-order valence-electron chi connectivity index (χ2n) is 8.06. The molecule has 0 saturated carbocycles. The van der Waals surface area contributed by atoms with Crippen LogP contribution < -0.4 is 4.74 Å². The third kappa shape index (κ3) is 5.32. The highest BCUT2D eigenvalue weighted by Gasteiger charge is 2.31. The normalized spacial score (nSPS) is 15.5. The zero-order valence-corrected chi connectivity index (χ0v) is 19.1. The van der Waals surface area contributed by atoms with Gasteiger partial charge in [0, 0.05) is 31.2 Å². The van der Waals surface area contributed by atoms with Crippen molar-refractivity contribution in [3.8, 4) is 5.75 Å². The van der Waals surface area contributed by atoms with Gasteiger partial charge in [0.2, 0.25) is 0 Å². The number of rotatable bonds is 7. The molecule has 0 spiro atoms. The molecule has 166 valence electrons. The Morgan fingerprint density at radius 2 is 1.47 bits per heavy atom. The molecular formula is C27H29ClN2O2. The van der Waals surface area contributed by atoms with Crippen LogP contribution in [0.1, 0.15) is 30.5 Å². The van der Waals surface area contributed by atoms with Crippen LogP contribution in [0.2, 0.25) is 5.02 Å². The highest BCUT2D eigenvalue weighted by molar-refractivity contribution is 6.30. The number of nitrogens with zero attached hydrogens (tertiary/aromatic N) is 2. The Bertz CT molecular complexity index is 965. The Kier molecular flexibility index (Phi) is 7.46. The van der Waals surface area contributed by atoms with E-state index in [4.69, 9.17) is 16.3 Å². The molecule has 1 fully saturated rings. The lowest BCUT2D eigenvalue weighted by Gasteiger charge is -2.40. The SMILES string of the molecule is CC[C@@H](Oc1cccc(Cl)c1)C(=O)N1CCN(C(c2ccccc2)c2ccccc2)CC1. The highest BCUT2D eigenvalue weighted by Crippen LogP contribution is 2.29. The van der Waals surface area contributed by atoms with Crippen molar-refractivity contribution in [2.24, 2.45) is 0 Å². The smallest absolute Gasteiger partial charge is 0.263 e. The Balaban J connectivity index is 1.44. The molecule has 0 N–H and O–H groups in total. The van der Waals surface area contributed by atoms with E-state index in [9.17, 15) is 4.79 Å². The fraction of sp³-hybridized carbons (Fsp3) is 0.296. The Hall–Kier alpha value is -2.82. The summed E-state index contributed by atoms with van der Waals surface area (Å²) in [6, 6.07) is 28.6. The fourth-order valence-electron chi connectivity index (χ4n) is 4.30. The molecule has 32 heavy (non-hydrogen) atoms. The van der Waals surface area contributed by atoms with Gasteiger partial charge in [-0.2, -0.15) is 0 Å². The Labute approximate surface area is 195 Å². The van der Waals surface area contributed by atoms with Crippen molar-refractivity contribution in [3.63, 3.8) is 0 Å². The number of carbonyl (C=O) groups excluding carboxylic acids is 1. The Morgan fingerprint density at radius 1 is 0.875 bits per heavy atom. The van der Waals surface area contributed by atoms with Crippen molar-refractivity contribution >= 4 is 17.5 Å². The lowest BCUT2D eigenvalue weighted by atomic mass is 9.96. The van der Waals surface area contributed by atoms with E-state index in [-0.39, 0.29) is 11.9 Å². The van der Waals surface area contributed by atoms with Crippen molar-refractivity contribution in [2.75, 3.05) is 26.2 Å². The molecule has 3 aromatic carbocycles. The number of amides is 1. The average molecular weight is 449 g/mol. The van der Waals surface area contributed by atoms with E-state index in [1.54, 1.807) is 12.1 Å². The molecule has 1 saturated heterocycles. The summed E-state index contributed by atoms with van der Waals surface area (Å²) in [5, 5.41) is 0.603. The van der Waals surface area contributed by atoms with Crippen LogP contribution in [0.25, 0.3) is 0 Å². The summed E-state index contributed by atoms with van der Waals surface area (Å²) >= 11 is 6.07. The third-order valence-corrected chi connectivity index (χ3v) is 6.18. The van der Waals surface area contributed by atoms with Gasteiger partial charge >= 0.3 is 0 Å². The van der Waals surface area contributed by atoms with Gasteiger partial charge in [-0.15, -0.1) is 0 Å². The number of carbonyl (C=O) groups is 1. The zero-order valence-electron chi connectivity index (χ0n) is 18.4. The molecule has 1 aliphatic heterocycles. The third-order valence-electron chi connectivity index (χ3n) is 5.94. The number of hydrogen-bond acceptors (Lipinski definition) is 3. The van der Waals surface area contributed by atoms with Crippen LogP contribution in [0.3, 0.4) is 0 Å². The molecule has 5 heteroatoms. The fourth-order valence-corrected chi connectivity index (χ4v) is 4.48. The summed E-state index contributed by atoms with van der Waals surface area (Å²) in [4.78, 5) is 17.6. The van der Waals surface area contributed by atoms with Crippen LogP contribution >= 0.6 is 11.6 Å². The highest BCUT2D eigenvalue weighted by atomic mass is 35.5. The maximum absolute atomic E-state index is 13.2. The molecule has 1 aliphatic rings. The summed E-state index contributed by atoms with van der Waals surface area (Å²) in [5.41, 5.74) is 2.54. The number of hydrogen-bond donors (Lipinski definition) is 0. The van der Waals surface area contributed by atoms with E-state index in [1.807, 2.05) is 36.1 Å². The van der Waals surface area contributed by atoms with Gasteiger partial charge in [-0.05, 0) is 35.7 Å². The van der Waals surface area contributed by atoms with E-state index in [1.165, 1.54) is 11.1 Å². The average Bonchev–Trinajstić information content (AvgIpc) is 2.84. The van der Waals surface area contributed by atoms with Gasteiger partial charge in [-0.25, -0.2) is 0 Å². The van der Waals surface area contributed by atoms with Crippen LogP contribution in [0, 0.1) is 0 Å². The maximum atomic E-state index is 13.2. The molecule has 4 nitrogen and oxygen atoms in total. The van der Waals surface area contributed by atoms with E-state index in [0.717, 1.165) is 13.1 Å². The molecule has 0 bridgehead atoms.